The zero-order chi connectivity index (χ0) is 14.8. The number of hydrogen-bond donors (Lipinski definition) is 0. The largest absolute Gasteiger partial charge is 0.494 e. The van der Waals surface area contributed by atoms with Gasteiger partial charge in [0.15, 0.2) is 0 Å². The summed E-state index contributed by atoms with van der Waals surface area (Å²) in [7, 11) is 1.64. The van der Waals surface area contributed by atoms with Crippen LogP contribution < -0.4 is 4.74 Å². The first-order chi connectivity index (χ1) is 10.2. The fourth-order valence-electron chi connectivity index (χ4n) is 2.37. The molecule has 21 heavy (non-hydrogen) atoms. The topological polar surface area (TPSA) is 52.8 Å². The van der Waals surface area contributed by atoms with Crippen LogP contribution >= 0.6 is 11.6 Å². The molecule has 0 atom stereocenters. The Morgan fingerprint density at radius 3 is 2.81 bits per heavy atom. The number of aromatic nitrogens is 4. The van der Waals surface area contributed by atoms with Crippen LogP contribution in [0.15, 0.2) is 30.5 Å². The highest BCUT2D eigenvalue weighted by Crippen LogP contribution is 2.26. The number of halogens is 1. The van der Waals surface area contributed by atoms with Gasteiger partial charge in [-0.15, -0.1) is 11.6 Å². The van der Waals surface area contributed by atoms with E-state index in [0.29, 0.717) is 12.4 Å². The first-order valence-electron chi connectivity index (χ1n) is 6.59. The number of ether oxygens (including phenoxy) is 1. The summed E-state index contributed by atoms with van der Waals surface area (Å²) in [6, 6.07) is 7.75. The molecule has 0 radical (unpaired) electrons. The highest BCUT2D eigenvalue weighted by Gasteiger charge is 2.14. The van der Waals surface area contributed by atoms with Gasteiger partial charge in [-0.1, -0.05) is 6.07 Å². The number of para-hydroxylation sites is 1. The average Bonchev–Trinajstić information content (AvgIpc) is 2.85. The molecule has 2 heterocycles. The van der Waals surface area contributed by atoms with E-state index in [9.17, 15) is 0 Å². The lowest BCUT2D eigenvalue weighted by Crippen LogP contribution is -2.06. The highest BCUT2D eigenvalue weighted by molar-refractivity contribution is 6.16. The Morgan fingerprint density at radius 2 is 2.10 bits per heavy atom. The summed E-state index contributed by atoms with van der Waals surface area (Å²) in [6.45, 7) is 2.48. The lowest BCUT2D eigenvalue weighted by Gasteiger charge is -2.08. The van der Waals surface area contributed by atoms with Crippen molar-refractivity contribution in [3.05, 3.63) is 47.8 Å². The predicted molar refractivity (Wildman–Crippen MR) is 81.7 cm³/mol. The Bertz CT molecular complexity index is 784. The molecule has 0 aliphatic carbocycles. The zero-order valence-corrected chi connectivity index (χ0v) is 12.6. The minimum atomic E-state index is 0.335. The molecule has 0 amide bonds. The second-order valence-corrected chi connectivity index (χ2v) is 4.94. The minimum absolute atomic E-state index is 0.335. The summed E-state index contributed by atoms with van der Waals surface area (Å²) in [4.78, 5) is 13.1. The summed E-state index contributed by atoms with van der Waals surface area (Å²) in [5, 5.41) is 0. The van der Waals surface area contributed by atoms with E-state index in [1.165, 1.54) is 0 Å². The fraction of sp³-hybridized carbons (Fsp3) is 0.267. The van der Waals surface area contributed by atoms with Gasteiger partial charge in [0.2, 0.25) is 0 Å². The molecule has 1 aromatic carbocycles. The first kappa shape index (κ1) is 13.8. The molecule has 0 bridgehead atoms. The standard InChI is InChI=1S/C15H15ClN4O/c1-10-17-7-6-11(18-10)9-20-12-4-3-5-13(21-2)15(12)19-14(20)8-16/h3-7H,8-9H2,1-2H3. The van der Waals surface area contributed by atoms with Crippen molar-refractivity contribution in [3.63, 3.8) is 0 Å². The first-order valence-corrected chi connectivity index (χ1v) is 7.13. The molecule has 5 nitrogen and oxygen atoms in total. The third-order valence-electron chi connectivity index (χ3n) is 3.31. The monoisotopic (exact) mass is 302 g/mol. The van der Waals surface area contributed by atoms with E-state index in [1.54, 1.807) is 13.3 Å². The number of hydrogen-bond acceptors (Lipinski definition) is 4. The minimum Gasteiger partial charge on any atom is -0.494 e. The summed E-state index contributed by atoms with van der Waals surface area (Å²) in [6.07, 6.45) is 1.76. The normalized spacial score (nSPS) is 11.0. The molecule has 6 heteroatoms. The molecule has 2 aromatic heterocycles. The summed E-state index contributed by atoms with van der Waals surface area (Å²) in [5.41, 5.74) is 2.73. The van der Waals surface area contributed by atoms with E-state index in [-0.39, 0.29) is 0 Å². The van der Waals surface area contributed by atoms with Crippen molar-refractivity contribution in [2.75, 3.05) is 7.11 Å². The van der Waals surface area contributed by atoms with Crippen LogP contribution in [-0.4, -0.2) is 26.6 Å². The number of methoxy groups -OCH3 is 1. The molecular formula is C15H15ClN4O. The van der Waals surface area contributed by atoms with Crippen molar-refractivity contribution >= 4 is 22.6 Å². The van der Waals surface area contributed by atoms with Crippen LogP contribution in [-0.2, 0) is 12.4 Å². The van der Waals surface area contributed by atoms with Crippen molar-refractivity contribution in [2.45, 2.75) is 19.3 Å². The number of fused-ring (bicyclic) bond motifs is 1. The van der Waals surface area contributed by atoms with Gasteiger partial charge >= 0.3 is 0 Å². The number of alkyl halides is 1. The summed E-state index contributed by atoms with van der Waals surface area (Å²) in [5.74, 6) is 2.63. The Kier molecular flexibility index (Phi) is 3.75. The maximum Gasteiger partial charge on any atom is 0.146 e. The number of benzene rings is 1. The van der Waals surface area contributed by atoms with E-state index in [0.717, 1.165) is 34.1 Å². The van der Waals surface area contributed by atoms with Crippen molar-refractivity contribution in [1.82, 2.24) is 19.5 Å². The molecule has 3 aromatic rings. The zero-order valence-electron chi connectivity index (χ0n) is 11.9. The van der Waals surface area contributed by atoms with Crippen molar-refractivity contribution < 1.29 is 4.74 Å². The molecule has 0 saturated carbocycles. The van der Waals surface area contributed by atoms with Crippen LogP contribution in [0.3, 0.4) is 0 Å². The Balaban J connectivity index is 2.12. The van der Waals surface area contributed by atoms with Gasteiger partial charge in [-0.25, -0.2) is 15.0 Å². The summed E-state index contributed by atoms with van der Waals surface area (Å²) >= 11 is 6.04. The predicted octanol–water partition coefficient (Wildman–Crippen LogP) is 2.93. The molecule has 0 fully saturated rings. The number of nitrogens with zero attached hydrogens (tertiary/aromatic N) is 4. The smallest absolute Gasteiger partial charge is 0.146 e. The van der Waals surface area contributed by atoms with Crippen LogP contribution in [0.25, 0.3) is 11.0 Å². The maximum atomic E-state index is 6.04. The quantitative estimate of drug-likeness (QED) is 0.695. The average molecular weight is 303 g/mol. The van der Waals surface area contributed by atoms with E-state index in [1.807, 2.05) is 31.2 Å². The SMILES string of the molecule is COc1cccc2c1nc(CCl)n2Cc1ccnc(C)n1. The number of rotatable bonds is 4. The molecule has 0 unspecified atom stereocenters. The number of aryl methyl sites for hydroxylation is 1. The molecule has 0 spiro atoms. The lowest BCUT2D eigenvalue weighted by atomic mass is 10.3. The van der Waals surface area contributed by atoms with Crippen LogP contribution in [0.2, 0.25) is 0 Å². The molecule has 108 valence electrons. The molecule has 0 N–H and O–H groups in total. The molecule has 3 rings (SSSR count). The molecule has 0 saturated heterocycles. The van der Waals surface area contributed by atoms with Crippen LogP contribution in [0.4, 0.5) is 0 Å². The Labute approximate surface area is 127 Å². The summed E-state index contributed by atoms with van der Waals surface area (Å²) < 4.78 is 7.43. The van der Waals surface area contributed by atoms with E-state index in [4.69, 9.17) is 16.3 Å². The third kappa shape index (κ3) is 2.56. The van der Waals surface area contributed by atoms with E-state index < -0.39 is 0 Å². The van der Waals surface area contributed by atoms with Gasteiger partial charge in [-0.3, -0.25) is 0 Å². The lowest BCUT2D eigenvalue weighted by molar-refractivity contribution is 0.419. The van der Waals surface area contributed by atoms with Gasteiger partial charge in [0, 0.05) is 6.20 Å². The molecular weight excluding hydrogens is 288 g/mol. The molecule has 0 aliphatic rings. The fourth-order valence-corrected chi connectivity index (χ4v) is 2.57. The van der Waals surface area contributed by atoms with E-state index >= 15 is 0 Å². The second-order valence-electron chi connectivity index (χ2n) is 4.67. The van der Waals surface area contributed by atoms with E-state index in [2.05, 4.69) is 19.5 Å². The van der Waals surface area contributed by atoms with Crippen LogP contribution in [0.5, 0.6) is 5.75 Å². The maximum absolute atomic E-state index is 6.04. The van der Waals surface area contributed by atoms with Gasteiger partial charge in [0.05, 0.1) is 30.7 Å². The number of imidazole rings is 1. The van der Waals surface area contributed by atoms with Gasteiger partial charge in [-0.2, -0.15) is 0 Å². The van der Waals surface area contributed by atoms with Gasteiger partial charge < -0.3 is 9.30 Å². The van der Waals surface area contributed by atoms with Crippen LogP contribution in [0.1, 0.15) is 17.3 Å². The van der Waals surface area contributed by atoms with Crippen LogP contribution in [0, 0.1) is 6.92 Å². The molecule has 0 aliphatic heterocycles. The van der Waals surface area contributed by atoms with Crippen molar-refractivity contribution in [3.8, 4) is 5.75 Å². The Hall–Kier alpha value is -2.14. The highest BCUT2D eigenvalue weighted by atomic mass is 35.5. The van der Waals surface area contributed by atoms with Crippen molar-refractivity contribution in [2.24, 2.45) is 0 Å². The second kappa shape index (κ2) is 5.69. The van der Waals surface area contributed by atoms with Gasteiger partial charge in [0.1, 0.15) is 22.9 Å². The van der Waals surface area contributed by atoms with Gasteiger partial charge in [0.25, 0.3) is 0 Å². The Morgan fingerprint density at radius 1 is 1.24 bits per heavy atom. The third-order valence-corrected chi connectivity index (χ3v) is 3.55. The van der Waals surface area contributed by atoms with Gasteiger partial charge in [-0.05, 0) is 25.1 Å². The van der Waals surface area contributed by atoms with Crippen molar-refractivity contribution in [1.29, 1.82) is 0 Å².